The lowest BCUT2D eigenvalue weighted by Gasteiger charge is -2.44. The van der Waals surface area contributed by atoms with Crippen LogP contribution in [0.3, 0.4) is 0 Å². The van der Waals surface area contributed by atoms with Crippen molar-refractivity contribution in [1.82, 2.24) is 15.2 Å². The first-order valence-electron chi connectivity index (χ1n) is 8.14. The minimum absolute atomic E-state index is 0.0704. The number of likely N-dealkylation sites (N-methyl/N-ethyl adjacent to an activating group) is 1. The van der Waals surface area contributed by atoms with Crippen molar-refractivity contribution in [2.24, 2.45) is 0 Å². The monoisotopic (exact) mass is 292 g/mol. The third kappa shape index (κ3) is 4.68. The van der Waals surface area contributed by atoms with Crippen LogP contribution in [0.25, 0.3) is 0 Å². The predicted molar refractivity (Wildman–Crippen MR) is 91.4 cm³/mol. The Balaban J connectivity index is 2.96. The third-order valence-corrected chi connectivity index (χ3v) is 4.44. The molecule has 4 heteroatoms. The van der Waals surface area contributed by atoms with E-state index in [4.69, 9.17) is 5.73 Å². The Hall–Kier alpha value is -1.13. The summed E-state index contributed by atoms with van der Waals surface area (Å²) < 4.78 is 0. The summed E-state index contributed by atoms with van der Waals surface area (Å²) in [6.45, 7) is 14.4. The first-order chi connectivity index (χ1) is 9.97. The average molecular weight is 292 g/mol. The van der Waals surface area contributed by atoms with Gasteiger partial charge in [0.05, 0.1) is 0 Å². The van der Waals surface area contributed by atoms with E-state index in [0.717, 1.165) is 43.7 Å². The summed E-state index contributed by atoms with van der Waals surface area (Å²) in [6, 6.07) is 2.24. The zero-order valence-electron chi connectivity index (χ0n) is 14.3. The van der Waals surface area contributed by atoms with Crippen LogP contribution < -0.4 is 11.1 Å². The molecule has 3 N–H and O–H groups in total. The Morgan fingerprint density at radius 1 is 1.29 bits per heavy atom. The fourth-order valence-corrected chi connectivity index (χ4v) is 2.98. The molecule has 1 heterocycles. The Kier molecular flexibility index (Phi) is 7.12. The van der Waals surface area contributed by atoms with Crippen LogP contribution in [0.15, 0.2) is 18.5 Å². The molecule has 0 bridgehead atoms. The SMILES string of the molecule is CCCNC(Cc1cnccc1N)C(C)(C)N(CC)CC. The summed E-state index contributed by atoms with van der Waals surface area (Å²) in [5.41, 5.74) is 8.14. The van der Waals surface area contributed by atoms with Gasteiger partial charge in [-0.05, 0) is 58.0 Å². The molecule has 0 aliphatic carbocycles. The first kappa shape index (κ1) is 17.9. The van der Waals surface area contributed by atoms with Crippen LogP contribution in [0.5, 0.6) is 0 Å². The highest BCUT2D eigenvalue weighted by Gasteiger charge is 2.33. The Labute approximate surface area is 130 Å². The lowest BCUT2D eigenvalue weighted by molar-refractivity contribution is 0.0912. The molecular weight excluding hydrogens is 260 g/mol. The van der Waals surface area contributed by atoms with Gasteiger partial charge in [-0.15, -0.1) is 0 Å². The van der Waals surface area contributed by atoms with Gasteiger partial charge in [-0.1, -0.05) is 20.8 Å². The molecule has 4 nitrogen and oxygen atoms in total. The molecule has 0 spiro atoms. The lowest BCUT2D eigenvalue weighted by Crippen LogP contribution is -2.58. The van der Waals surface area contributed by atoms with Crippen molar-refractivity contribution < 1.29 is 0 Å². The zero-order valence-corrected chi connectivity index (χ0v) is 14.3. The number of anilines is 1. The standard InChI is InChI=1S/C17H32N4/c1-6-10-20-16(17(4,5)21(7-2)8-3)12-14-13-19-11-9-15(14)18/h9,11,13,16,20H,6-8,10,12H2,1-5H3,(H2,18,19). The highest BCUT2D eigenvalue weighted by molar-refractivity contribution is 5.44. The summed E-state index contributed by atoms with van der Waals surface area (Å²) in [5, 5.41) is 3.71. The molecule has 1 aromatic heterocycles. The summed E-state index contributed by atoms with van der Waals surface area (Å²) >= 11 is 0. The van der Waals surface area contributed by atoms with Crippen LogP contribution in [-0.4, -0.2) is 41.1 Å². The number of hydrogen-bond donors (Lipinski definition) is 2. The molecule has 1 unspecified atom stereocenters. The maximum Gasteiger partial charge on any atom is 0.0378 e. The van der Waals surface area contributed by atoms with Crippen LogP contribution in [-0.2, 0) is 6.42 Å². The van der Waals surface area contributed by atoms with Gasteiger partial charge in [0.15, 0.2) is 0 Å². The van der Waals surface area contributed by atoms with Crippen molar-refractivity contribution in [2.75, 3.05) is 25.4 Å². The van der Waals surface area contributed by atoms with E-state index < -0.39 is 0 Å². The van der Waals surface area contributed by atoms with Gasteiger partial charge >= 0.3 is 0 Å². The summed E-state index contributed by atoms with van der Waals surface area (Å²) in [4.78, 5) is 6.73. The fourth-order valence-electron chi connectivity index (χ4n) is 2.98. The molecule has 1 atom stereocenters. The minimum Gasteiger partial charge on any atom is -0.398 e. The third-order valence-electron chi connectivity index (χ3n) is 4.44. The van der Waals surface area contributed by atoms with E-state index >= 15 is 0 Å². The molecule has 0 aliphatic rings. The summed E-state index contributed by atoms with van der Waals surface area (Å²) in [6.07, 6.45) is 5.69. The van der Waals surface area contributed by atoms with E-state index in [1.54, 1.807) is 6.20 Å². The topological polar surface area (TPSA) is 54.2 Å². The summed E-state index contributed by atoms with van der Waals surface area (Å²) in [7, 11) is 0. The van der Waals surface area contributed by atoms with Gasteiger partial charge in [-0.3, -0.25) is 9.88 Å². The molecular formula is C17H32N4. The number of nitrogen functional groups attached to an aromatic ring is 1. The van der Waals surface area contributed by atoms with Crippen molar-refractivity contribution in [1.29, 1.82) is 0 Å². The van der Waals surface area contributed by atoms with Gasteiger partial charge < -0.3 is 11.1 Å². The smallest absolute Gasteiger partial charge is 0.0378 e. The zero-order chi connectivity index (χ0) is 15.9. The van der Waals surface area contributed by atoms with E-state index in [1.807, 2.05) is 12.3 Å². The molecule has 120 valence electrons. The average Bonchev–Trinajstić information content (AvgIpc) is 2.46. The fraction of sp³-hybridized carbons (Fsp3) is 0.706. The second-order valence-electron chi connectivity index (χ2n) is 6.11. The highest BCUT2D eigenvalue weighted by Crippen LogP contribution is 2.23. The first-order valence-corrected chi connectivity index (χ1v) is 8.14. The predicted octanol–water partition coefficient (Wildman–Crippen LogP) is 2.69. The van der Waals surface area contributed by atoms with Crippen LogP contribution in [0.4, 0.5) is 5.69 Å². The van der Waals surface area contributed by atoms with Crippen molar-refractivity contribution in [3.8, 4) is 0 Å². The highest BCUT2D eigenvalue weighted by atomic mass is 15.2. The van der Waals surface area contributed by atoms with Gasteiger partial charge in [-0.25, -0.2) is 0 Å². The van der Waals surface area contributed by atoms with Crippen LogP contribution in [0, 0.1) is 0 Å². The quantitative estimate of drug-likeness (QED) is 0.735. The number of nitrogens with zero attached hydrogens (tertiary/aromatic N) is 2. The maximum absolute atomic E-state index is 6.10. The van der Waals surface area contributed by atoms with Crippen LogP contribution in [0.2, 0.25) is 0 Å². The number of pyridine rings is 1. The summed E-state index contributed by atoms with van der Waals surface area (Å²) in [5.74, 6) is 0. The molecule has 0 saturated heterocycles. The number of nitrogens with two attached hydrogens (primary N) is 1. The van der Waals surface area contributed by atoms with Crippen molar-refractivity contribution in [3.63, 3.8) is 0 Å². The molecule has 0 amide bonds. The number of rotatable bonds is 9. The minimum atomic E-state index is 0.0704. The van der Waals surface area contributed by atoms with Gasteiger partial charge in [0.2, 0.25) is 0 Å². The molecule has 0 fully saturated rings. The second-order valence-corrected chi connectivity index (χ2v) is 6.11. The second kappa shape index (κ2) is 8.35. The molecule has 1 aromatic rings. The molecule has 0 aromatic carbocycles. The Morgan fingerprint density at radius 2 is 1.95 bits per heavy atom. The van der Waals surface area contributed by atoms with Gasteiger partial charge in [0, 0.05) is 29.7 Å². The molecule has 0 aliphatic heterocycles. The molecule has 0 saturated carbocycles. The maximum atomic E-state index is 6.10. The van der Waals surface area contributed by atoms with E-state index in [2.05, 4.69) is 49.8 Å². The van der Waals surface area contributed by atoms with Crippen LogP contribution >= 0.6 is 0 Å². The Bertz CT molecular complexity index is 413. The van der Waals surface area contributed by atoms with E-state index in [0.29, 0.717) is 6.04 Å². The van der Waals surface area contributed by atoms with Crippen LogP contribution in [0.1, 0.15) is 46.6 Å². The Morgan fingerprint density at radius 3 is 2.48 bits per heavy atom. The number of aromatic nitrogens is 1. The van der Waals surface area contributed by atoms with Crippen molar-refractivity contribution in [2.45, 2.75) is 59.0 Å². The van der Waals surface area contributed by atoms with E-state index in [1.165, 1.54) is 0 Å². The largest absolute Gasteiger partial charge is 0.398 e. The van der Waals surface area contributed by atoms with Crippen molar-refractivity contribution in [3.05, 3.63) is 24.0 Å². The number of nitrogens with one attached hydrogen (secondary N) is 1. The van der Waals surface area contributed by atoms with Gasteiger partial charge in [-0.2, -0.15) is 0 Å². The van der Waals surface area contributed by atoms with E-state index in [9.17, 15) is 0 Å². The normalized spacial score (nSPS) is 13.6. The van der Waals surface area contributed by atoms with Crippen molar-refractivity contribution >= 4 is 5.69 Å². The molecule has 1 rings (SSSR count). The molecule has 0 radical (unpaired) electrons. The number of hydrogen-bond acceptors (Lipinski definition) is 4. The van der Waals surface area contributed by atoms with E-state index in [-0.39, 0.29) is 5.54 Å². The van der Waals surface area contributed by atoms with Gasteiger partial charge in [0.1, 0.15) is 0 Å². The lowest BCUT2D eigenvalue weighted by atomic mass is 9.87. The van der Waals surface area contributed by atoms with Gasteiger partial charge in [0.25, 0.3) is 0 Å². The molecule has 21 heavy (non-hydrogen) atoms.